The predicted octanol–water partition coefficient (Wildman–Crippen LogP) is 0.847. The summed E-state index contributed by atoms with van der Waals surface area (Å²) < 4.78 is 31.3. The maximum Gasteiger partial charge on any atom is 0.189 e. The summed E-state index contributed by atoms with van der Waals surface area (Å²) in [6, 6.07) is -0.170. The number of ether oxygens (including phenoxy) is 5. The largest absolute Gasteiger partial charge is 0.348 e. The molecular formula is C14H21N3O5. The Labute approximate surface area is 128 Å². The van der Waals surface area contributed by atoms with E-state index in [4.69, 9.17) is 23.7 Å². The SMILES string of the molecule is CC1(C)O[C@H]2O[C@H]([C@H]3COC(C)(C)O3)[C@H](n3ccnn3)[C@H]2O1. The molecule has 8 nitrogen and oxygen atoms in total. The lowest BCUT2D eigenvalue weighted by molar-refractivity contribution is -0.226. The van der Waals surface area contributed by atoms with E-state index in [9.17, 15) is 0 Å². The van der Waals surface area contributed by atoms with Crippen molar-refractivity contribution in [1.29, 1.82) is 0 Å². The minimum atomic E-state index is -0.675. The molecule has 4 heterocycles. The molecule has 8 heteroatoms. The zero-order valence-corrected chi connectivity index (χ0v) is 13.1. The summed E-state index contributed by atoms with van der Waals surface area (Å²) in [5.74, 6) is -1.29. The molecule has 3 aliphatic rings. The van der Waals surface area contributed by atoms with Gasteiger partial charge in [0.05, 0.1) is 12.8 Å². The number of fused-ring (bicyclic) bond motifs is 1. The zero-order valence-electron chi connectivity index (χ0n) is 13.1. The van der Waals surface area contributed by atoms with Gasteiger partial charge in [-0.1, -0.05) is 5.21 Å². The molecule has 0 spiro atoms. The van der Waals surface area contributed by atoms with Crippen LogP contribution in [0.2, 0.25) is 0 Å². The van der Waals surface area contributed by atoms with Gasteiger partial charge in [-0.2, -0.15) is 0 Å². The van der Waals surface area contributed by atoms with Gasteiger partial charge < -0.3 is 23.7 Å². The van der Waals surface area contributed by atoms with Crippen molar-refractivity contribution >= 4 is 0 Å². The predicted molar refractivity (Wildman–Crippen MR) is 72.7 cm³/mol. The summed E-state index contributed by atoms with van der Waals surface area (Å²) in [7, 11) is 0. The number of rotatable bonds is 2. The van der Waals surface area contributed by atoms with Gasteiger partial charge in [-0.25, -0.2) is 4.68 Å². The lowest BCUT2D eigenvalue weighted by Crippen LogP contribution is -2.40. The average molecular weight is 311 g/mol. The summed E-state index contributed by atoms with van der Waals surface area (Å²) in [6.07, 6.45) is 2.27. The molecule has 3 saturated heterocycles. The second-order valence-corrected chi connectivity index (χ2v) is 6.81. The van der Waals surface area contributed by atoms with Gasteiger partial charge in [-0.05, 0) is 27.7 Å². The first-order chi connectivity index (χ1) is 10.3. The molecule has 3 fully saturated rings. The van der Waals surface area contributed by atoms with Crippen LogP contribution in [0.3, 0.4) is 0 Å². The molecule has 4 rings (SSSR count). The smallest absolute Gasteiger partial charge is 0.189 e. The second-order valence-electron chi connectivity index (χ2n) is 6.81. The molecule has 1 aromatic rings. The molecule has 0 N–H and O–H groups in total. The summed E-state index contributed by atoms with van der Waals surface area (Å²) in [4.78, 5) is 0. The van der Waals surface area contributed by atoms with Gasteiger partial charge in [-0.15, -0.1) is 5.10 Å². The van der Waals surface area contributed by atoms with Crippen molar-refractivity contribution in [3.63, 3.8) is 0 Å². The van der Waals surface area contributed by atoms with E-state index < -0.39 is 17.9 Å². The average Bonchev–Trinajstić information content (AvgIpc) is 3.11. The Hall–Kier alpha value is -1.06. The molecular weight excluding hydrogens is 290 g/mol. The van der Waals surface area contributed by atoms with E-state index in [0.717, 1.165) is 0 Å². The third-order valence-corrected chi connectivity index (χ3v) is 4.20. The molecule has 5 atom stereocenters. The van der Waals surface area contributed by atoms with E-state index in [1.807, 2.05) is 27.7 Å². The molecule has 0 aliphatic carbocycles. The van der Waals surface area contributed by atoms with Gasteiger partial charge in [0.1, 0.15) is 24.4 Å². The fraction of sp³-hybridized carbons (Fsp3) is 0.857. The van der Waals surface area contributed by atoms with Crippen LogP contribution >= 0.6 is 0 Å². The first-order valence-electron chi connectivity index (χ1n) is 7.53. The van der Waals surface area contributed by atoms with E-state index in [1.165, 1.54) is 0 Å². The Morgan fingerprint density at radius 1 is 1.05 bits per heavy atom. The highest BCUT2D eigenvalue weighted by Crippen LogP contribution is 2.45. The number of hydrogen-bond acceptors (Lipinski definition) is 7. The molecule has 3 aliphatic heterocycles. The van der Waals surface area contributed by atoms with E-state index in [2.05, 4.69) is 10.3 Å². The van der Waals surface area contributed by atoms with Crippen LogP contribution < -0.4 is 0 Å². The summed E-state index contributed by atoms with van der Waals surface area (Å²) in [6.45, 7) is 8.00. The van der Waals surface area contributed by atoms with E-state index in [0.29, 0.717) is 6.61 Å². The van der Waals surface area contributed by atoms with Crippen LogP contribution in [-0.4, -0.2) is 57.8 Å². The monoisotopic (exact) mass is 311 g/mol. The van der Waals surface area contributed by atoms with Crippen LogP contribution in [0.15, 0.2) is 12.4 Å². The number of nitrogens with zero attached hydrogens (tertiary/aromatic N) is 3. The fourth-order valence-electron chi connectivity index (χ4n) is 3.38. The highest BCUT2D eigenvalue weighted by Gasteiger charge is 2.59. The van der Waals surface area contributed by atoms with Gasteiger partial charge in [-0.3, -0.25) is 0 Å². The molecule has 0 amide bonds. The van der Waals surface area contributed by atoms with Crippen molar-refractivity contribution < 1.29 is 23.7 Å². The quantitative estimate of drug-likeness (QED) is 0.801. The standard InChI is InChI=1S/C14H21N3O5/c1-13(2)18-7-8(20-13)10-9(17-6-5-15-16-17)11-12(19-10)22-14(3,4)21-11/h5-6,8-12H,7H2,1-4H3/t8-,9+,10-,11-,12-/m1/s1. The van der Waals surface area contributed by atoms with Crippen molar-refractivity contribution in [3.8, 4) is 0 Å². The highest BCUT2D eigenvalue weighted by atomic mass is 16.8. The molecule has 0 bridgehead atoms. The van der Waals surface area contributed by atoms with Crippen molar-refractivity contribution in [1.82, 2.24) is 15.0 Å². The minimum absolute atomic E-state index is 0.170. The van der Waals surface area contributed by atoms with Gasteiger partial charge in [0.25, 0.3) is 0 Å². The maximum atomic E-state index is 6.09. The summed E-state index contributed by atoms with van der Waals surface area (Å²) in [5, 5.41) is 8.02. The van der Waals surface area contributed by atoms with Crippen molar-refractivity contribution in [3.05, 3.63) is 12.4 Å². The van der Waals surface area contributed by atoms with Crippen LogP contribution in [0.5, 0.6) is 0 Å². The summed E-state index contributed by atoms with van der Waals surface area (Å²) >= 11 is 0. The van der Waals surface area contributed by atoms with E-state index in [1.54, 1.807) is 17.1 Å². The zero-order chi connectivity index (χ0) is 15.5. The maximum absolute atomic E-state index is 6.09. The second kappa shape index (κ2) is 4.72. The fourth-order valence-corrected chi connectivity index (χ4v) is 3.38. The van der Waals surface area contributed by atoms with Gasteiger partial charge >= 0.3 is 0 Å². The lowest BCUT2D eigenvalue weighted by atomic mass is 10.0. The third kappa shape index (κ3) is 2.35. The first kappa shape index (κ1) is 14.5. The summed E-state index contributed by atoms with van der Waals surface area (Å²) in [5.41, 5.74) is 0. The Morgan fingerprint density at radius 2 is 1.86 bits per heavy atom. The minimum Gasteiger partial charge on any atom is -0.348 e. The molecule has 1 aromatic heterocycles. The first-order valence-corrected chi connectivity index (χ1v) is 7.53. The Bertz CT molecular complexity index is 547. The number of aromatic nitrogens is 3. The molecule has 0 radical (unpaired) electrons. The van der Waals surface area contributed by atoms with Gasteiger partial charge in [0.2, 0.25) is 0 Å². The number of hydrogen-bond donors (Lipinski definition) is 0. The Kier molecular flexibility index (Phi) is 3.11. The van der Waals surface area contributed by atoms with Crippen LogP contribution in [0.1, 0.15) is 33.7 Å². The van der Waals surface area contributed by atoms with Gasteiger partial charge in [0, 0.05) is 6.20 Å². The van der Waals surface area contributed by atoms with Crippen molar-refractivity contribution in [2.24, 2.45) is 0 Å². The Morgan fingerprint density at radius 3 is 2.50 bits per heavy atom. The molecule has 22 heavy (non-hydrogen) atoms. The van der Waals surface area contributed by atoms with Crippen LogP contribution in [0.4, 0.5) is 0 Å². The molecule has 0 aromatic carbocycles. The van der Waals surface area contributed by atoms with Crippen LogP contribution in [0.25, 0.3) is 0 Å². The van der Waals surface area contributed by atoms with Crippen LogP contribution in [-0.2, 0) is 23.7 Å². The van der Waals surface area contributed by atoms with E-state index >= 15 is 0 Å². The Balaban J connectivity index is 1.62. The normalized spacial score (nSPS) is 42.6. The van der Waals surface area contributed by atoms with E-state index in [-0.39, 0.29) is 24.4 Å². The topological polar surface area (TPSA) is 76.9 Å². The molecule has 0 saturated carbocycles. The van der Waals surface area contributed by atoms with Gasteiger partial charge in [0.15, 0.2) is 17.9 Å². The van der Waals surface area contributed by atoms with Crippen molar-refractivity contribution in [2.45, 2.75) is 69.9 Å². The molecule has 0 unspecified atom stereocenters. The third-order valence-electron chi connectivity index (χ3n) is 4.20. The van der Waals surface area contributed by atoms with Crippen molar-refractivity contribution in [2.75, 3.05) is 6.61 Å². The molecule has 122 valence electrons. The lowest BCUT2D eigenvalue weighted by Gasteiger charge is -2.28. The van der Waals surface area contributed by atoms with Crippen LogP contribution in [0, 0.1) is 0 Å². The highest BCUT2D eigenvalue weighted by molar-refractivity contribution is 5.00.